The molecule has 0 unspecified atom stereocenters. The second-order valence-electron chi connectivity index (χ2n) is 3.43. The van der Waals surface area contributed by atoms with Gasteiger partial charge in [0, 0.05) is 21.9 Å². The van der Waals surface area contributed by atoms with Crippen LogP contribution in [0.5, 0.6) is 0 Å². The first-order chi connectivity index (χ1) is 7.20. The summed E-state index contributed by atoms with van der Waals surface area (Å²) in [4.78, 5) is 2.15. The molecule has 2 aromatic rings. The van der Waals surface area contributed by atoms with Crippen LogP contribution in [0, 0.1) is 12.7 Å². The van der Waals surface area contributed by atoms with E-state index in [0.29, 0.717) is 12.1 Å². The van der Waals surface area contributed by atoms with Crippen LogP contribution in [0.25, 0.3) is 10.4 Å². The van der Waals surface area contributed by atoms with Crippen LogP contribution in [0.4, 0.5) is 4.39 Å². The molecule has 1 aromatic heterocycles. The standard InChI is InChI=1S/C12H12FNS/c1-8-2-5-12(15-8)10-4-3-9(7-14)6-11(10)13/h2-6H,7,14H2,1H3. The van der Waals surface area contributed by atoms with Crippen molar-refractivity contribution in [2.45, 2.75) is 13.5 Å². The van der Waals surface area contributed by atoms with Gasteiger partial charge in [0.25, 0.3) is 0 Å². The Morgan fingerprint density at radius 1 is 1.27 bits per heavy atom. The average molecular weight is 221 g/mol. The molecule has 0 fully saturated rings. The Bertz CT molecular complexity index is 476. The lowest BCUT2D eigenvalue weighted by atomic mass is 10.1. The average Bonchev–Trinajstić information content (AvgIpc) is 2.64. The monoisotopic (exact) mass is 221 g/mol. The van der Waals surface area contributed by atoms with E-state index in [9.17, 15) is 4.39 Å². The van der Waals surface area contributed by atoms with Crippen LogP contribution < -0.4 is 5.73 Å². The molecular weight excluding hydrogens is 209 g/mol. The van der Waals surface area contributed by atoms with Crippen molar-refractivity contribution < 1.29 is 4.39 Å². The summed E-state index contributed by atoms with van der Waals surface area (Å²) in [6.07, 6.45) is 0. The summed E-state index contributed by atoms with van der Waals surface area (Å²) in [6.45, 7) is 2.39. The molecule has 2 rings (SSSR count). The van der Waals surface area contributed by atoms with Crippen LogP contribution in [0.1, 0.15) is 10.4 Å². The first-order valence-corrected chi connectivity index (χ1v) is 5.57. The van der Waals surface area contributed by atoms with Crippen molar-refractivity contribution in [1.29, 1.82) is 0 Å². The highest BCUT2D eigenvalue weighted by molar-refractivity contribution is 7.15. The van der Waals surface area contributed by atoms with Crippen LogP contribution >= 0.6 is 11.3 Å². The van der Waals surface area contributed by atoms with Gasteiger partial charge in [-0.2, -0.15) is 0 Å². The normalized spacial score (nSPS) is 10.6. The largest absolute Gasteiger partial charge is 0.326 e. The second kappa shape index (κ2) is 4.13. The zero-order valence-corrected chi connectivity index (χ0v) is 9.27. The number of hydrogen-bond acceptors (Lipinski definition) is 2. The minimum Gasteiger partial charge on any atom is -0.326 e. The fraction of sp³-hybridized carbons (Fsp3) is 0.167. The summed E-state index contributed by atoms with van der Waals surface area (Å²) >= 11 is 1.60. The second-order valence-corrected chi connectivity index (χ2v) is 4.72. The lowest BCUT2D eigenvalue weighted by Gasteiger charge is -2.02. The molecule has 3 heteroatoms. The van der Waals surface area contributed by atoms with Crippen molar-refractivity contribution in [3.63, 3.8) is 0 Å². The Morgan fingerprint density at radius 3 is 2.60 bits per heavy atom. The third-order valence-electron chi connectivity index (χ3n) is 2.28. The zero-order valence-electron chi connectivity index (χ0n) is 8.46. The SMILES string of the molecule is Cc1ccc(-c2ccc(CN)cc2F)s1. The van der Waals surface area contributed by atoms with Crippen molar-refractivity contribution in [1.82, 2.24) is 0 Å². The molecule has 1 heterocycles. The maximum atomic E-state index is 13.7. The number of benzene rings is 1. The van der Waals surface area contributed by atoms with Gasteiger partial charge in [0.2, 0.25) is 0 Å². The topological polar surface area (TPSA) is 26.0 Å². The summed E-state index contributed by atoms with van der Waals surface area (Å²) in [5.41, 5.74) is 6.93. The van der Waals surface area contributed by atoms with Gasteiger partial charge in [-0.15, -0.1) is 11.3 Å². The lowest BCUT2D eigenvalue weighted by Crippen LogP contribution is -1.96. The van der Waals surface area contributed by atoms with E-state index in [-0.39, 0.29) is 5.82 Å². The summed E-state index contributed by atoms with van der Waals surface area (Å²) in [5, 5.41) is 0. The van der Waals surface area contributed by atoms with Gasteiger partial charge in [-0.25, -0.2) is 4.39 Å². The summed E-state index contributed by atoms with van der Waals surface area (Å²) in [5.74, 6) is -0.195. The molecule has 2 N–H and O–H groups in total. The highest BCUT2D eigenvalue weighted by atomic mass is 32.1. The smallest absolute Gasteiger partial charge is 0.132 e. The molecule has 0 radical (unpaired) electrons. The Hall–Kier alpha value is -1.19. The van der Waals surface area contributed by atoms with E-state index in [4.69, 9.17) is 5.73 Å². The third-order valence-corrected chi connectivity index (χ3v) is 3.31. The molecular formula is C12H12FNS. The molecule has 0 amide bonds. The van der Waals surface area contributed by atoms with E-state index < -0.39 is 0 Å². The molecule has 0 saturated heterocycles. The van der Waals surface area contributed by atoms with Crippen molar-refractivity contribution in [3.05, 3.63) is 46.6 Å². The highest BCUT2D eigenvalue weighted by Gasteiger charge is 2.07. The van der Waals surface area contributed by atoms with Crippen LogP contribution in [0.2, 0.25) is 0 Å². The molecule has 1 nitrogen and oxygen atoms in total. The van der Waals surface area contributed by atoms with Gasteiger partial charge in [0.05, 0.1) is 0 Å². The molecule has 0 aliphatic heterocycles. The lowest BCUT2D eigenvalue weighted by molar-refractivity contribution is 0.629. The minimum atomic E-state index is -0.195. The van der Waals surface area contributed by atoms with Crippen molar-refractivity contribution in [2.75, 3.05) is 0 Å². The fourth-order valence-corrected chi connectivity index (χ4v) is 2.36. The van der Waals surface area contributed by atoms with E-state index in [1.807, 2.05) is 25.1 Å². The minimum absolute atomic E-state index is 0.195. The first-order valence-electron chi connectivity index (χ1n) is 4.76. The van der Waals surface area contributed by atoms with Crippen LogP contribution in [-0.4, -0.2) is 0 Å². The van der Waals surface area contributed by atoms with Crippen molar-refractivity contribution in [3.8, 4) is 10.4 Å². The highest BCUT2D eigenvalue weighted by Crippen LogP contribution is 2.30. The third kappa shape index (κ3) is 2.08. The maximum Gasteiger partial charge on any atom is 0.132 e. The Balaban J connectivity index is 2.45. The number of nitrogens with two attached hydrogens (primary N) is 1. The van der Waals surface area contributed by atoms with Gasteiger partial charge in [0.15, 0.2) is 0 Å². The van der Waals surface area contributed by atoms with Gasteiger partial charge in [0.1, 0.15) is 5.82 Å². The van der Waals surface area contributed by atoms with Crippen LogP contribution in [-0.2, 0) is 6.54 Å². The Morgan fingerprint density at radius 2 is 2.07 bits per heavy atom. The van der Waals surface area contributed by atoms with Gasteiger partial charge in [-0.3, -0.25) is 0 Å². The molecule has 1 aromatic carbocycles. The first kappa shape index (κ1) is 10.3. The molecule has 0 saturated carbocycles. The predicted molar refractivity (Wildman–Crippen MR) is 62.3 cm³/mol. The van der Waals surface area contributed by atoms with E-state index in [2.05, 4.69) is 0 Å². The number of aryl methyl sites for hydroxylation is 1. The molecule has 15 heavy (non-hydrogen) atoms. The molecule has 0 aliphatic rings. The molecule has 0 atom stereocenters. The Kier molecular flexibility index (Phi) is 2.84. The summed E-state index contributed by atoms with van der Waals surface area (Å²) in [7, 11) is 0. The van der Waals surface area contributed by atoms with Gasteiger partial charge < -0.3 is 5.73 Å². The van der Waals surface area contributed by atoms with E-state index in [1.165, 1.54) is 10.9 Å². The molecule has 78 valence electrons. The van der Waals surface area contributed by atoms with E-state index in [0.717, 1.165) is 10.4 Å². The summed E-state index contributed by atoms with van der Waals surface area (Å²) in [6, 6.07) is 9.11. The van der Waals surface area contributed by atoms with Crippen LogP contribution in [0.3, 0.4) is 0 Å². The quantitative estimate of drug-likeness (QED) is 0.827. The zero-order chi connectivity index (χ0) is 10.8. The Labute approximate surface area is 92.4 Å². The maximum absolute atomic E-state index is 13.7. The van der Waals surface area contributed by atoms with E-state index >= 15 is 0 Å². The molecule has 0 aliphatic carbocycles. The predicted octanol–water partition coefficient (Wildman–Crippen LogP) is 3.32. The number of thiophene rings is 1. The fourth-order valence-electron chi connectivity index (χ4n) is 1.46. The van der Waals surface area contributed by atoms with Crippen molar-refractivity contribution in [2.24, 2.45) is 5.73 Å². The van der Waals surface area contributed by atoms with E-state index in [1.54, 1.807) is 17.4 Å². The van der Waals surface area contributed by atoms with Crippen LogP contribution in [0.15, 0.2) is 30.3 Å². The molecule has 0 spiro atoms. The number of hydrogen-bond donors (Lipinski definition) is 1. The van der Waals surface area contributed by atoms with Gasteiger partial charge >= 0.3 is 0 Å². The number of halogens is 1. The van der Waals surface area contributed by atoms with Gasteiger partial charge in [-0.1, -0.05) is 12.1 Å². The number of rotatable bonds is 2. The summed E-state index contributed by atoms with van der Waals surface area (Å²) < 4.78 is 13.7. The molecule has 0 bridgehead atoms. The van der Waals surface area contributed by atoms with Crippen molar-refractivity contribution >= 4 is 11.3 Å². The van der Waals surface area contributed by atoms with Gasteiger partial charge in [-0.05, 0) is 30.7 Å².